The Hall–Kier alpha value is -2.33. The second-order valence-corrected chi connectivity index (χ2v) is 10.8. The van der Waals surface area contributed by atoms with Crippen molar-refractivity contribution in [1.29, 1.82) is 0 Å². The minimum absolute atomic E-state index is 0.0124. The molecule has 0 radical (unpaired) electrons. The van der Waals surface area contributed by atoms with Crippen LogP contribution in [0.15, 0.2) is 41.3 Å². The highest BCUT2D eigenvalue weighted by Crippen LogP contribution is 2.33. The molecule has 0 atom stereocenters. The predicted molar refractivity (Wildman–Crippen MR) is 123 cm³/mol. The van der Waals surface area contributed by atoms with E-state index in [2.05, 4.69) is 4.90 Å². The number of carbonyl (C=O) groups is 1. The van der Waals surface area contributed by atoms with E-state index in [0.29, 0.717) is 31.7 Å². The maximum Gasteiger partial charge on any atom is 0.253 e. The third-order valence-corrected chi connectivity index (χ3v) is 8.74. The van der Waals surface area contributed by atoms with Gasteiger partial charge in [0.1, 0.15) is 4.90 Å². The number of benzene rings is 2. The molecule has 2 fully saturated rings. The lowest BCUT2D eigenvalue weighted by Gasteiger charge is -2.35. The van der Waals surface area contributed by atoms with E-state index in [1.54, 1.807) is 11.0 Å². The first-order chi connectivity index (χ1) is 15.9. The molecular weight excluding hydrogens is 466 g/mol. The van der Waals surface area contributed by atoms with Crippen LogP contribution in [0.3, 0.4) is 0 Å². The van der Waals surface area contributed by atoms with Crippen LogP contribution in [0.4, 0.5) is 0 Å². The molecule has 0 spiro atoms. The number of rotatable bonds is 5. The number of hydrogen-bond donors (Lipinski definition) is 0. The molecule has 2 saturated heterocycles. The van der Waals surface area contributed by atoms with Gasteiger partial charge < -0.3 is 14.4 Å². The molecule has 8 nitrogen and oxygen atoms in total. The molecule has 3 aliphatic rings. The summed E-state index contributed by atoms with van der Waals surface area (Å²) < 4.78 is 38.2. The third kappa shape index (κ3) is 4.55. The lowest BCUT2D eigenvalue weighted by molar-refractivity contribution is 0.0628. The average Bonchev–Trinajstić information content (AvgIpc) is 3.52. The zero-order valence-electron chi connectivity index (χ0n) is 18.2. The highest BCUT2D eigenvalue weighted by atomic mass is 35.5. The lowest BCUT2D eigenvalue weighted by atomic mass is 10.1. The second kappa shape index (κ2) is 9.13. The van der Waals surface area contributed by atoms with Gasteiger partial charge in [0, 0.05) is 51.4 Å². The van der Waals surface area contributed by atoms with Gasteiger partial charge in [0.15, 0.2) is 11.5 Å². The second-order valence-electron chi connectivity index (χ2n) is 8.51. The molecule has 1 amide bonds. The summed E-state index contributed by atoms with van der Waals surface area (Å²) in [4.78, 5) is 17.2. The van der Waals surface area contributed by atoms with E-state index in [1.165, 1.54) is 16.4 Å². The monoisotopic (exact) mass is 491 g/mol. The molecule has 0 aliphatic carbocycles. The van der Waals surface area contributed by atoms with Gasteiger partial charge in [-0.05, 0) is 48.7 Å². The normalized spacial score (nSPS) is 19.2. The first-order valence-corrected chi connectivity index (χ1v) is 12.9. The molecular formula is C23H26ClN3O5S. The van der Waals surface area contributed by atoms with Gasteiger partial charge in [-0.1, -0.05) is 17.7 Å². The van der Waals surface area contributed by atoms with Crippen molar-refractivity contribution in [3.8, 4) is 11.5 Å². The van der Waals surface area contributed by atoms with Crippen molar-refractivity contribution in [2.75, 3.05) is 46.1 Å². The van der Waals surface area contributed by atoms with Crippen LogP contribution in [0.1, 0.15) is 28.8 Å². The van der Waals surface area contributed by atoms with Crippen LogP contribution in [0.2, 0.25) is 5.02 Å². The van der Waals surface area contributed by atoms with Crippen molar-refractivity contribution in [1.82, 2.24) is 14.1 Å². The Morgan fingerprint density at radius 2 is 1.64 bits per heavy atom. The number of hydrogen-bond acceptors (Lipinski definition) is 6. The van der Waals surface area contributed by atoms with E-state index in [9.17, 15) is 13.2 Å². The molecule has 2 aromatic carbocycles. The summed E-state index contributed by atoms with van der Waals surface area (Å²) in [6, 6.07) is 10.5. The van der Waals surface area contributed by atoms with Crippen molar-refractivity contribution in [3.05, 3.63) is 52.5 Å². The maximum absolute atomic E-state index is 13.1. The smallest absolute Gasteiger partial charge is 0.253 e. The summed E-state index contributed by atoms with van der Waals surface area (Å²) in [5.74, 6) is 1.36. The van der Waals surface area contributed by atoms with Crippen LogP contribution in [0.5, 0.6) is 11.5 Å². The van der Waals surface area contributed by atoms with Crippen LogP contribution in [0.25, 0.3) is 0 Å². The predicted octanol–water partition coefficient (Wildman–Crippen LogP) is 2.81. The Balaban J connectivity index is 1.24. The first-order valence-electron chi connectivity index (χ1n) is 11.1. The Morgan fingerprint density at radius 3 is 2.39 bits per heavy atom. The van der Waals surface area contributed by atoms with Gasteiger partial charge in [0.25, 0.3) is 5.91 Å². The molecule has 3 aliphatic heterocycles. The lowest BCUT2D eigenvalue weighted by Crippen LogP contribution is -2.48. The highest BCUT2D eigenvalue weighted by molar-refractivity contribution is 7.89. The molecule has 5 rings (SSSR count). The molecule has 0 N–H and O–H groups in total. The van der Waals surface area contributed by atoms with Gasteiger partial charge in [-0.25, -0.2) is 8.42 Å². The van der Waals surface area contributed by atoms with Crippen LogP contribution in [0, 0.1) is 0 Å². The Kier molecular flexibility index (Phi) is 6.22. The Bertz CT molecular complexity index is 1160. The highest BCUT2D eigenvalue weighted by Gasteiger charge is 2.31. The van der Waals surface area contributed by atoms with Crippen molar-refractivity contribution < 1.29 is 22.7 Å². The van der Waals surface area contributed by atoms with Crippen LogP contribution in [-0.2, 0) is 16.6 Å². The van der Waals surface area contributed by atoms with Gasteiger partial charge in [0.05, 0.1) is 5.02 Å². The minimum Gasteiger partial charge on any atom is -0.454 e. The van der Waals surface area contributed by atoms with Crippen molar-refractivity contribution in [3.63, 3.8) is 0 Å². The topological polar surface area (TPSA) is 79.4 Å². The van der Waals surface area contributed by atoms with Crippen LogP contribution >= 0.6 is 11.6 Å². The van der Waals surface area contributed by atoms with E-state index >= 15 is 0 Å². The fourth-order valence-corrected chi connectivity index (χ4v) is 6.51. The van der Waals surface area contributed by atoms with E-state index in [0.717, 1.165) is 49.5 Å². The van der Waals surface area contributed by atoms with Gasteiger partial charge in [-0.15, -0.1) is 0 Å². The summed E-state index contributed by atoms with van der Waals surface area (Å²) in [7, 11) is -3.70. The maximum atomic E-state index is 13.1. The quantitative estimate of drug-likeness (QED) is 0.640. The standard InChI is InChI=1S/C23H26ClN3O5S/c24-19-5-4-18(14-22(19)33(29,30)27-7-1-2-8-27)23(28)26-11-9-25(10-12-26)15-17-3-6-20-21(13-17)32-16-31-20/h3-6,13-14H,1-2,7-12,15-16H2. The summed E-state index contributed by atoms with van der Waals surface area (Å²) in [5, 5.41) is 0.145. The summed E-state index contributed by atoms with van der Waals surface area (Å²) in [6.45, 7) is 4.59. The van der Waals surface area contributed by atoms with Gasteiger partial charge in [-0.2, -0.15) is 4.31 Å². The van der Waals surface area contributed by atoms with E-state index in [4.69, 9.17) is 21.1 Å². The number of carbonyl (C=O) groups excluding carboxylic acids is 1. The largest absolute Gasteiger partial charge is 0.454 e. The number of piperazine rings is 1. The van der Waals surface area contributed by atoms with Crippen LogP contribution in [-0.4, -0.2) is 74.5 Å². The summed E-state index contributed by atoms with van der Waals surface area (Å²) >= 11 is 6.23. The van der Waals surface area contributed by atoms with Crippen molar-refractivity contribution in [2.45, 2.75) is 24.3 Å². The molecule has 33 heavy (non-hydrogen) atoms. The number of fused-ring (bicyclic) bond motifs is 1. The summed E-state index contributed by atoms with van der Waals surface area (Å²) in [6.07, 6.45) is 1.68. The Labute approximate surface area is 198 Å². The van der Waals surface area contributed by atoms with E-state index in [-0.39, 0.29) is 22.6 Å². The molecule has 0 unspecified atom stereocenters. The average molecular weight is 492 g/mol. The number of ether oxygens (including phenoxy) is 2. The fraction of sp³-hybridized carbons (Fsp3) is 0.435. The molecule has 0 bridgehead atoms. The number of nitrogens with zero attached hydrogens (tertiary/aromatic N) is 3. The zero-order chi connectivity index (χ0) is 23.0. The summed E-state index contributed by atoms with van der Waals surface area (Å²) in [5.41, 5.74) is 1.48. The van der Waals surface area contributed by atoms with Crippen molar-refractivity contribution in [2.24, 2.45) is 0 Å². The minimum atomic E-state index is -3.70. The zero-order valence-corrected chi connectivity index (χ0v) is 19.8. The Morgan fingerprint density at radius 1 is 0.909 bits per heavy atom. The molecule has 176 valence electrons. The molecule has 0 aromatic heterocycles. The first kappa shape index (κ1) is 22.5. The third-order valence-electron chi connectivity index (χ3n) is 6.36. The number of sulfonamides is 1. The van der Waals surface area contributed by atoms with E-state index in [1.807, 2.05) is 18.2 Å². The van der Waals surface area contributed by atoms with Gasteiger partial charge >= 0.3 is 0 Å². The molecule has 2 aromatic rings. The fourth-order valence-electron chi connectivity index (χ4n) is 4.49. The van der Waals surface area contributed by atoms with Crippen LogP contribution < -0.4 is 9.47 Å². The molecule has 3 heterocycles. The van der Waals surface area contributed by atoms with E-state index < -0.39 is 10.0 Å². The number of halogens is 1. The van der Waals surface area contributed by atoms with Gasteiger partial charge in [-0.3, -0.25) is 9.69 Å². The SMILES string of the molecule is O=C(c1ccc(Cl)c(S(=O)(=O)N2CCCC2)c1)N1CCN(Cc2ccc3c(c2)OCO3)CC1. The van der Waals surface area contributed by atoms with Crippen molar-refractivity contribution >= 4 is 27.5 Å². The number of amides is 1. The molecule has 10 heteroatoms. The van der Waals surface area contributed by atoms with Gasteiger partial charge in [0.2, 0.25) is 16.8 Å². The molecule has 0 saturated carbocycles.